The monoisotopic (exact) mass is 551 g/mol. The SMILES string of the molecule is O=C(Nc1cc(F)cc(F)c1)NC(c1ccc(C(=O)NC[C@@H](O)C(=O)O)cc1)c1ccc(C2CCCCC2)cc1. The molecule has 1 unspecified atom stereocenters. The van der Waals surface area contributed by atoms with Crippen molar-refractivity contribution in [3.8, 4) is 0 Å². The van der Waals surface area contributed by atoms with Crippen molar-refractivity contribution in [3.63, 3.8) is 0 Å². The Morgan fingerprint density at radius 3 is 2.00 bits per heavy atom. The number of aliphatic carboxylic acids is 1. The van der Waals surface area contributed by atoms with Gasteiger partial charge in [-0.1, -0.05) is 55.7 Å². The van der Waals surface area contributed by atoms with Crippen LogP contribution in [0.5, 0.6) is 0 Å². The van der Waals surface area contributed by atoms with Gasteiger partial charge in [0, 0.05) is 17.3 Å². The normalized spacial score (nSPS) is 15.1. The van der Waals surface area contributed by atoms with Crippen molar-refractivity contribution < 1.29 is 33.4 Å². The lowest BCUT2D eigenvalue weighted by Crippen LogP contribution is -2.36. The maximum Gasteiger partial charge on any atom is 0.334 e. The summed E-state index contributed by atoms with van der Waals surface area (Å²) in [4.78, 5) is 36.0. The van der Waals surface area contributed by atoms with Crippen molar-refractivity contribution in [3.05, 3.63) is 101 Å². The minimum atomic E-state index is -1.72. The van der Waals surface area contributed by atoms with E-state index in [1.165, 1.54) is 37.0 Å². The number of carbonyl (C=O) groups is 3. The fraction of sp³-hybridized carbons (Fsp3) is 0.300. The second-order valence-corrected chi connectivity index (χ2v) is 9.88. The Hall–Kier alpha value is -4.31. The Morgan fingerprint density at radius 2 is 1.43 bits per heavy atom. The molecule has 3 aromatic carbocycles. The molecular formula is C30H31F2N3O5. The molecular weight excluding hydrogens is 520 g/mol. The van der Waals surface area contributed by atoms with Crippen LogP contribution in [-0.2, 0) is 4.79 Å². The first-order valence-electron chi connectivity index (χ1n) is 13.1. The third-order valence-corrected chi connectivity index (χ3v) is 6.99. The lowest BCUT2D eigenvalue weighted by atomic mass is 9.83. The highest BCUT2D eigenvalue weighted by atomic mass is 19.1. The number of carboxylic acid groups (broad SMARTS) is 1. The minimum Gasteiger partial charge on any atom is -0.479 e. The van der Waals surface area contributed by atoms with Gasteiger partial charge in [0.1, 0.15) is 11.6 Å². The number of aliphatic hydroxyl groups is 1. The number of aliphatic hydroxyl groups excluding tert-OH is 1. The molecule has 5 N–H and O–H groups in total. The second kappa shape index (κ2) is 13.2. The number of hydrogen-bond acceptors (Lipinski definition) is 4. The molecule has 0 bridgehead atoms. The van der Waals surface area contributed by atoms with E-state index in [1.54, 1.807) is 12.1 Å². The molecule has 0 saturated heterocycles. The first-order chi connectivity index (χ1) is 19.2. The van der Waals surface area contributed by atoms with E-state index < -0.39 is 48.2 Å². The molecule has 3 aromatic rings. The molecule has 40 heavy (non-hydrogen) atoms. The van der Waals surface area contributed by atoms with Crippen molar-refractivity contribution in [2.24, 2.45) is 0 Å². The first-order valence-corrected chi connectivity index (χ1v) is 13.1. The minimum absolute atomic E-state index is 0.0445. The number of carbonyl (C=O) groups excluding carboxylic acids is 2. The zero-order chi connectivity index (χ0) is 28.6. The van der Waals surface area contributed by atoms with Crippen LogP contribution >= 0.6 is 0 Å². The third kappa shape index (κ3) is 7.63. The van der Waals surface area contributed by atoms with Crippen LogP contribution in [0.15, 0.2) is 66.7 Å². The van der Waals surface area contributed by atoms with Gasteiger partial charge in [0.2, 0.25) is 0 Å². The number of benzene rings is 3. The lowest BCUT2D eigenvalue weighted by Gasteiger charge is -2.24. The van der Waals surface area contributed by atoms with E-state index in [-0.39, 0.29) is 11.3 Å². The number of rotatable bonds is 9. The van der Waals surface area contributed by atoms with E-state index in [0.29, 0.717) is 17.5 Å². The highest BCUT2D eigenvalue weighted by molar-refractivity contribution is 5.94. The molecule has 0 aromatic heterocycles. The van der Waals surface area contributed by atoms with Gasteiger partial charge in [-0.05, 0) is 59.7 Å². The zero-order valence-electron chi connectivity index (χ0n) is 21.7. The average Bonchev–Trinajstić information content (AvgIpc) is 2.94. The smallest absolute Gasteiger partial charge is 0.334 e. The maximum absolute atomic E-state index is 13.6. The first kappa shape index (κ1) is 28.7. The number of hydrogen-bond donors (Lipinski definition) is 5. The van der Waals surface area contributed by atoms with E-state index in [9.17, 15) is 28.3 Å². The number of carboxylic acids is 1. The third-order valence-electron chi connectivity index (χ3n) is 6.99. The quantitative estimate of drug-likeness (QED) is 0.253. The molecule has 3 amide bonds. The van der Waals surface area contributed by atoms with Crippen LogP contribution in [0.1, 0.15) is 71.1 Å². The molecule has 8 nitrogen and oxygen atoms in total. The molecule has 1 saturated carbocycles. The summed E-state index contributed by atoms with van der Waals surface area (Å²) in [7, 11) is 0. The summed E-state index contributed by atoms with van der Waals surface area (Å²) in [6.45, 7) is -0.450. The zero-order valence-corrected chi connectivity index (χ0v) is 21.7. The summed E-state index contributed by atoms with van der Waals surface area (Å²) in [5.41, 5.74) is 2.82. The van der Waals surface area contributed by atoms with Crippen molar-refractivity contribution in [2.45, 2.75) is 50.2 Å². The molecule has 10 heteroatoms. The number of amides is 3. The van der Waals surface area contributed by atoms with Gasteiger partial charge in [-0.25, -0.2) is 18.4 Å². The van der Waals surface area contributed by atoms with E-state index >= 15 is 0 Å². The van der Waals surface area contributed by atoms with Crippen molar-refractivity contribution >= 4 is 23.6 Å². The maximum atomic E-state index is 13.6. The Morgan fingerprint density at radius 1 is 0.850 bits per heavy atom. The lowest BCUT2D eigenvalue weighted by molar-refractivity contribution is -0.146. The van der Waals surface area contributed by atoms with Gasteiger partial charge < -0.3 is 26.2 Å². The van der Waals surface area contributed by atoms with Crippen molar-refractivity contribution in [1.82, 2.24) is 10.6 Å². The van der Waals surface area contributed by atoms with Crippen molar-refractivity contribution in [2.75, 3.05) is 11.9 Å². The number of urea groups is 1. The van der Waals surface area contributed by atoms with E-state index in [2.05, 4.69) is 28.1 Å². The van der Waals surface area contributed by atoms with Crippen molar-refractivity contribution in [1.29, 1.82) is 0 Å². The molecule has 1 fully saturated rings. The number of anilines is 1. The largest absolute Gasteiger partial charge is 0.479 e. The van der Waals surface area contributed by atoms with Gasteiger partial charge in [-0.2, -0.15) is 0 Å². The summed E-state index contributed by atoms with van der Waals surface area (Å²) in [6.07, 6.45) is 4.21. The van der Waals surface area contributed by atoms with Crippen LogP contribution in [-0.4, -0.2) is 40.8 Å². The summed E-state index contributed by atoms with van der Waals surface area (Å²) >= 11 is 0. The molecule has 1 aliphatic carbocycles. The highest BCUT2D eigenvalue weighted by Crippen LogP contribution is 2.33. The Balaban J connectivity index is 1.54. The van der Waals surface area contributed by atoms with E-state index in [4.69, 9.17) is 5.11 Å². The van der Waals surface area contributed by atoms with Gasteiger partial charge in [-0.3, -0.25) is 4.79 Å². The molecule has 0 aliphatic heterocycles. The van der Waals surface area contributed by atoms with Crippen LogP contribution in [0.25, 0.3) is 0 Å². The van der Waals surface area contributed by atoms with Crippen LogP contribution in [0.2, 0.25) is 0 Å². The van der Waals surface area contributed by atoms with Gasteiger partial charge >= 0.3 is 12.0 Å². The number of halogens is 2. The summed E-state index contributed by atoms with van der Waals surface area (Å²) in [6, 6.07) is 15.7. The topological polar surface area (TPSA) is 128 Å². The van der Waals surface area contributed by atoms with Crippen LogP contribution in [0.3, 0.4) is 0 Å². The molecule has 0 radical (unpaired) electrons. The van der Waals surface area contributed by atoms with Crippen LogP contribution in [0.4, 0.5) is 19.3 Å². The molecule has 2 atom stereocenters. The summed E-state index contributed by atoms with van der Waals surface area (Å²) < 4.78 is 27.2. The van der Waals surface area contributed by atoms with Gasteiger partial charge in [-0.15, -0.1) is 0 Å². The summed E-state index contributed by atoms with van der Waals surface area (Å²) in [5.74, 6) is -3.17. The molecule has 210 valence electrons. The van der Waals surface area contributed by atoms with Crippen LogP contribution < -0.4 is 16.0 Å². The Bertz CT molecular complexity index is 1320. The Labute approximate surface area is 230 Å². The second-order valence-electron chi connectivity index (χ2n) is 9.88. The fourth-order valence-electron chi connectivity index (χ4n) is 4.89. The highest BCUT2D eigenvalue weighted by Gasteiger charge is 2.21. The van der Waals surface area contributed by atoms with E-state index in [0.717, 1.165) is 30.5 Å². The molecule has 0 heterocycles. The van der Waals surface area contributed by atoms with Gasteiger partial charge in [0.25, 0.3) is 5.91 Å². The predicted octanol–water partition coefficient (Wildman–Crippen LogP) is 5.10. The van der Waals surface area contributed by atoms with Gasteiger partial charge in [0.15, 0.2) is 6.10 Å². The van der Waals surface area contributed by atoms with E-state index in [1.807, 2.05) is 12.1 Å². The number of nitrogens with one attached hydrogen (secondary N) is 3. The molecule has 4 rings (SSSR count). The standard InChI is InChI=1S/C30H31F2N3O5/c31-23-14-24(32)16-25(15-23)34-30(40)35-27(20-8-6-19(7-9-20)18-4-2-1-3-5-18)21-10-12-22(13-11-21)28(37)33-17-26(36)29(38)39/h6-16,18,26-27,36H,1-5,17H2,(H,33,37)(H,38,39)(H2,34,35,40)/t26-,27?/m1/s1. The Kier molecular flexibility index (Phi) is 9.44. The average molecular weight is 552 g/mol. The molecule has 1 aliphatic rings. The predicted molar refractivity (Wildman–Crippen MR) is 145 cm³/mol. The fourth-order valence-corrected chi connectivity index (χ4v) is 4.89. The summed E-state index contributed by atoms with van der Waals surface area (Å²) in [5, 5.41) is 25.8. The van der Waals surface area contributed by atoms with Crippen LogP contribution in [0, 0.1) is 11.6 Å². The molecule has 0 spiro atoms. The van der Waals surface area contributed by atoms with Gasteiger partial charge in [0.05, 0.1) is 12.6 Å².